The Morgan fingerprint density at radius 3 is 2.96 bits per heavy atom. The Kier molecular flexibility index (Phi) is 6.18. The first-order chi connectivity index (χ1) is 11.7. The smallest absolute Gasteiger partial charge is 0.259 e. The van der Waals surface area contributed by atoms with Gasteiger partial charge in [-0.25, -0.2) is 0 Å². The van der Waals surface area contributed by atoms with Gasteiger partial charge in [0.25, 0.3) is 5.91 Å². The van der Waals surface area contributed by atoms with Crippen LogP contribution in [0, 0.1) is 0 Å². The van der Waals surface area contributed by atoms with E-state index in [-0.39, 0.29) is 5.91 Å². The number of nitrogens with one attached hydrogen (secondary N) is 1. The molecule has 2 aromatic heterocycles. The highest BCUT2D eigenvalue weighted by Crippen LogP contribution is 2.30. The maximum Gasteiger partial charge on any atom is 0.259 e. The standard InChI is InChI=1S/C15H12ClN3OS4/c1-21-9-4-5-12(16)11(7-9)13(20)17-14-18-19-15(24-14)23-8-10-3-2-6-22-10/h2-7H,8H2,1H3,(H,17,18,20). The van der Waals surface area contributed by atoms with Crippen molar-refractivity contribution in [2.45, 2.75) is 15.0 Å². The summed E-state index contributed by atoms with van der Waals surface area (Å²) >= 11 is 12.4. The largest absolute Gasteiger partial charge is 0.296 e. The Labute approximate surface area is 161 Å². The first kappa shape index (κ1) is 17.8. The Morgan fingerprint density at radius 1 is 1.33 bits per heavy atom. The lowest BCUT2D eigenvalue weighted by molar-refractivity contribution is 0.102. The maximum atomic E-state index is 12.4. The molecule has 0 bridgehead atoms. The van der Waals surface area contributed by atoms with Crippen molar-refractivity contribution < 1.29 is 4.79 Å². The Bertz CT molecular complexity index is 835. The van der Waals surface area contributed by atoms with E-state index in [1.807, 2.05) is 23.8 Å². The molecule has 24 heavy (non-hydrogen) atoms. The summed E-state index contributed by atoms with van der Waals surface area (Å²) in [6, 6.07) is 9.50. The van der Waals surface area contributed by atoms with Gasteiger partial charge in [0.2, 0.25) is 5.13 Å². The fourth-order valence-corrected chi connectivity index (χ4v) is 4.98. The minimum Gasteiger partial charge on any atom is -0.296 e. The minimum absolute atomic E-state index is 0.276. The summed E-state index contributed by atoms with van der Waals surface area (Å²) in [6.07, 6.45) is 1.95. The predicted molar refractivity (Wildman–Crippen MR) is 105 cm³/mol. The van der Waals surface area contributed by atoms with Gasteiger partial charge in [0.15, 0.2) is 4.34 Å². The number of anilines is 1. The van der Waals surface area contributed by atoms with Crippen LogP contribution in [0.5, 0.6) is 0 Å². The second-order valence-electron chi connectivity index (χ2n) is 4.54. The number of thiophene rings is 1. The van der Waals surface area contributed by atoms with Crippen molar-refractivity contribution >= 4 is 68.8 Å². The Morgan fingerprint density at radius 2 is 2.21 bits per heavy atom. The van der Waals surface area contributed by atoms with E-state index < -0.39 is 0 Å². The lowest BCUT2D eigenvalue weighted by Crippen LogP contribution is -2.12. The molecular formula is C15H12ClN3OS4. The van der Waals surface area contributed by atoms with Crippen molar-refractivity contribution in [3.8, 4) is 0 Å². The molecule has 2 heterocycles. The number of hydrogen-bond acceptors (Lipinski definition) is 7. The summed E-state index contributed by atoms with van der Waals surface area (Å²) in [5.41, 5.74) is 0.437. The fourth-order valence-electron chi connectivity index (χ4n) is 1.82. The molecule has 0 spiro atoms. The molecule has 0 fully saturated rings. The van der Waals surface area contributed by atoms with Crippen LogP contribution in [0.2, 0.25) is 5.02 Å². The van der Waals surface area contributed by atoms with Gasteiger partial charge in [0.05, 0.1) is 10.6 Å². The van der Waals surface area contributed by atoms with E-state index in [9.17, 15) is 4.79 Å². The van der Waals surface area contributed by atoms with E-state index in [0.717, 1.165) is 15.0 Å². The fraction of sp³-hybridized carbons (Fsp3) is 0.133. The third-order valence-corrected chi connectivity index (χ3v) is 7.10. The van der Waals surface area contributed by atoms with Gasteiger partial charge in [-0.05, 0) is 35.9 Å². The highest BCUT2D eigenvalue weighted by Gasteiger charge is 2.14. The van der Waals surface area contributed by atoms with Gasteiger partial charge >= 0.3 is 0 Å². The van der Waals surface area contributed by atoms with E-state index in [1.54, 1.807) is 47.0 Å². The van der Waals surface area contributed by atoms with Crippen molar-refractivity contribution in [1.82, 2.24) is 10.2 Å². The van der Waals surface area contributed by atoms with Crippen LogP contribution in [0.1, 0.15) is 15.2 Å². The summed E-state index contributed by atoms with van der Waals surface area (Å²) in [5, 5.41) is 13.8. The third-order valence-electron chi connectivity index (χ3n) is 2.96. The number of carbonyl (C=O) groups is 1. The van der Waals surface area contributed by atoms with Crippen LogP contribution in [0.25, 0.3) is 0 Å². The molecule has 9 heteroatoms. The Balaban J connectivity index is 1.64. The highest BCUT2D eigenvalue weighted by atomic mass is 35.5. The van der Waals surface area contributed by atoms with E-state index in [0.29, 0.717) is 15.7 Å². The highest BCUT2D eigenvalue weighted by molar-refractivity contribution is 8.00. The van der Waals surface area contributed by atoms with Gasteiger partial charge in [-0.2, -0.15) is 0 Å². The van der Waals surface area contributed by atoms with E-state index >= 15 is 0 Å². The van der Waals surface area contributed by atoms with Gasteiger partial charge < -0.3 is 0 Å². The second kappa shape index (κ2) is 8.35. The molecule has 1 amide bonds. The van der Waals surface area contributed by atoms with Gasteiger partial charge in [0.1, 0.15) is 0 Å². The summed E-state index contributed by atoms with van der Waals surface area (Å²) in [6.45, 7) is 0. The molecule has 0 aliphatic heterocycles. The quantitative estimate of drug-likeness (QED) is 0.426. The predicted octanol–water partition coefficient (Wildman–Crippen LogP) is 5.52. The molecule has 3 rings (SSSR count). The number of rotatable bonds is 6. The number of thioether (sulfide) groups is 2. The number of benzene rings is 1. The molecule has 0 aliphatic carbocycles. The van der Waals surface area contributed by atoms with Gasteiger partial charge in [-0.3, -0.25) is 10.1 Å². The van der Waals surface area contributed by atoms with Gasteiger partial charge in [-0.15, -0.1) is 33.3 Å². The molecule has 0 aliphatic rings. The zero-order chi connectivity index (χ0) is 16.9. The molecule has 3 aromatic rings. The molecule has 1 aromatic carbocycles. The third kappa shape index (κ3) is 4.52. The first-order valence-corrected chi connectivity index (χ1v) is 11.1. The average Bonchev–Trinajstić information content (AvgIpc) is 3.25. The van der Waals surface area contributed by atoms with Crippen LogP contribution in [-0.4, -0.2) is 22.4 Å². The van der Waals surface area contributed by atoms with Crippen LogP contribution in [0.4, 0.5) is 5.13 Å². The normalized spacial score (nSPS) is 10.8. The van der Waals surface area contributed by atoms with E-state index in [4.69, 9.17) is 11.6 Å². The van der Waals surface area contributed by atoms with Crippen LogP contribution in [0.15, 0.2) is 44.9 Å². The molecule has 1 N–H and O–H groups in total. The number of amides is 1. The number of carbonyl (C=O) groups excluding carboxylic acids is 1. The minimum atomic E-state index is -0.276. The molecule has 0 atom stereocenters. The van der Waals surface area contributed by atoms with Crippen molar-refractivity contribution in [2.24, 2.45) is 0 Å². The molecule has 0 saturated carbocycles. The summed E-state index contributed by atoms with van der Waals surface area (Å²) in [5.74, 6) is 0.573. The molecule has 4 nitrogen and oxygen atoms in total. The molecule has 0 unspecified atom stereocenters. The average molecular weight is 414 g/mol. The van der Waals surface area contributed by atoms with Crippen molar-refractivity contribution in [1.29, 1.82) is 0 Å². The molecular weight excluding hydrogens is 402 g/mol. The number of hydrogen-bond donors (Lipinski definition) is 1. The SMILES string of the molecule is CSc1ccc(Cl)c(C(=O)Nc2nnc(SCc3cccs3)s2)c1. The lowest BCUT2D eigenvalue weighted by atomic mass is 10.2. The van der Waals surface area contributed by atoms with Crippen molar-refractivity contribution in [2.75, 3.05) is 11.6 Å². The summed E-state index contributed by atoms with van der Waals surface area (Å²) in [4.78, 5) is 14.6. The molecule has 0 radical (unpaired) electrons. The first-order valence-electron chi connectivity index (χ1n) is 6.79. The number of aromatic nitrogens is 2. The Hall–Kier alpha value is -1.06. The zero-order valence-electron chi connectivity index (χ0n) is 12.5. The van der Waals surface area contributed by atoms with E-state index in [1.165, 1.54) is 16.2 Å². The van der Waals surface area contributed by atoms with Crippen LogP contribution in [-0.2, 0) is 5.75 Å². The van der Waals surface area contributed by atoms with E-state index in [2.05, 4.69) is 21.6 Å². The molecule has 124 valence electrons. The summed E-state index contributed by atoms with van der Waals surface area (Å²) < 4.78 is 0.822. The van der Waals surface area contributed by atoms with Crippen molar-refractivity contribution in [3.63, 3.8) is 0 Å². The molecule has 0 saturated heterocycles. The topological polar surface area (TPSA) is 54.9 Å². The maximum absolute atomic E-state index is 12.4. The zero-order valence-corrected chi connectivity index (χ0v) is 16.5. The number of nitrogens with zero attached hydrogens (tertiary/aromatic N) is 2. The van der Waals surface area contributed by atoms with Gasteiger partial charge in [0, 0.05) is 15.5 Å². The van der Waals surface area contributed by atoms with Crippen molar-refractivity contribution in [3.05, 3.63) is 51.2 Å². The number of halogens is 1. The summed E-state index contributed by atoms with van der Waals surface area (Å²) in [7, 11) is 0. The van der Waals surface area contributed by atoms with Crippen LogP contribution < -0.4 is 5.32 Å². The lowest BCUT2D eigenvalue weighted by Gasteiger charge is -2.05. The monoisotopic (exact) mass is 413 g/mol. The van der Waals surface area contributed by atoms with Crippen LogP contribution >= 0.6 is 57.8 Å². The van der Waals surface area contributed by atoms with Gasteiger partial charge in [-0.1, -0.05) is 40.8 Å². The van der Waals surface area contributed by atoms with Crippen LogP contribution in [0.3, 0.4) is 0 Å². The second-order valence-corrected chi connectivity index (χ2v) is 9.06.